The molecule has 0 aliphatic carbocycles. The molecule has 0 spiro atoms. The zero-order valence-electron chi connectivity index (χ0n) is 13.4. The summed E-state index contributed by atoms with van der Waals surface area (Å²) >= 11 is 0. The van der Waals surface area contributed by atoms with Gasteiger partial charge in [-0.25, -0.2) is 0 Å². The molecule has 0 aromatic carbocycles. The fraction of sp³-hybridized carbons (Fsp3) is 0.938. The van der Waals surface area contributed by atoms with Gasteiger partial charge in [-0.1, -0.05) is 78.1 Å². The molecule has 3 heteroatoms. The van der Waals surface area contributed by atoms with Gasteiger partial charge in [0.1, 0.15) is 0 Å². The summed E-state index contributed by atoms with van der Waals surface area (Å²) in [5.41, 5.74) is 0. The van der Waals surface area contributed by atoms with Gasteiger partial charge in [-0.3, -0.25) is 4.79 Å². The minimum absolute atomic E-state index is 0. The summed E-state index contributed by atoms with van der Waals surface area (Å²) < 4.78 is 0. The van der Waals surface area contributed by atoms with Crippen LogP contribution in [0.1, 0.15) is 90.9 Å². The van der Waals surface area contributed by atoms with Gasteiger partial charge in [-0.05, 0) is 12.8 Å². The number of carboxylic acids is 1. The molecule has 1 atom stereocenters. The number of hydrogen-bond donors (Lipinski definition) is 1. The molecular weight excluding hydrogens is 247 g/mol. The van der Waals surface area contributed by atoms with Crippen LogP contribution in [0, 0.1) is 5.92 Å². The van der Waals surface area contributed by atoms with Crippen LogP contribution in [0.25, 0.3) is 0 Å². The van der Waals surface area contributed by atoms with E-state index in [0.717, 1.165) is 25.7 Å². The topological polar surface area (TPSA) is 37.3 Å². The summed E-state index contributed by atoms with van der Waals surface area (Å²) in [5, 5.41) is 9.17. The van der Waals surface area contributed by atoms with Crippen LogP contribution in [0.2, 0.25) is 0 Å². The van der Waals surface area contributed by atoms with E-state index in [1.165, 1.54) is 51.4 Å². The number of aliphatic carboxylic acids is 1. The first-order chi connectivity index (χ1) is 8.72. The van der Waals surface area contributed by atoms with Crippen molar-refractivity contribution in [1.29, 1.82) is 0 Å². The van der Waals surface area contributed by atoms with Crippen LogP contribution in [-0.2, 0) is 4.79 Å². The van der Waals surface area contributed by atoms with Gasteiger partial charge in [-0.2, -0.15) is 0 Å². The van der Waals surface area contributed by atoms with Crippen LogP contribution in [0.5, 0.6) is 0 Å². The minimum atomic E-state index is -0.583. The second-order valence-corrected chi connectivity index (χ2v) is 5.44. The van der Waals surface area contributed by atoms with Gasteiger partial charge in [0, 0.05) is 29.6 Å². The van der Waals surface area contributed by atoms with Crippen LogP contribution in [0.3, 0.4) is 0 Å². The van der Waals surface area contributed by atoms with Crippen LogP contribution in [-0.4, -0.2) is 40.6 Å². The van der Waals surface area contributed by atoms with Gasteiger partial charge < -0.3 is 5.11 Å². The van der Waals surface area contributed by atoms with E-state index in [4.69, 9.17) is 0 Å². The Morgan fingerprint density at radius 1 is 0.789 bits per heavy atom. The summed E-state index contributed by atoms with van der Waals surface area (Å²) in [4.78, 5) is 11.1. The van der Waals surface area contributed by atoms with Crippen LogP contribution < -0.4 is 0 Å². The summed E-state index contributed by atoms with van der Waals surface area (Å²) in [6, 6.07) is 0. The van der Waals surface area contributed by atoms with Gasteiger partial charge in [0.15, 0.2) is 0 Å². The molecule has 0 aromatic rings. The molecule has 19 heavy (non-hydrogen) atoms. The Morgan fingerprint density at radius 2 is 1.16 bits per heavy atom. The fourth-order valence-corrected chi connectivity index (χ4v) is 2.38. The minimum Gasteiger partial charge on any atom is -0.481 e. The zero-order chi connectivity index (χ0) is 13.6. The summed E-state index contributed by atoms with van der Waals surface area (Å²) in [7, 11) is 0. The Bertz CT molecular complexity index is 195. The molecule has 1 unspecified atom stereocenters. The molecule has 0 aromatic heterocycles. The van der Waals surface area contributed by atoms with Crippen molar-refractivity contribution in [2.24, 2.45) is 5.92 Å². The molecule has 0 saturated heterocycles. The van der Waals surface area contributed by atoms with Crippen molar-refractivity contribution in [3.8, 4) is 0 Å². The quantitative estimate of drug-likeness (QED) is 0.379. The van der Waals surface area contributed by atoms with E-state index in [1.54, 1.807) is 0 Å². The molecule has 1 N–H and O–H groups in total. The van der Waals surface area contributed by atoms with Gasteiger partial charge in [-0.15, -0.1) is 0 Å². The van der Waals surface area contributed by atoms with Gasteiger partial charge in [0.25, 0.3) is 0 Å². The Labute approximate surface area is 142 Å². The molecule has 1 radical (unpaired) electrons. The van der Waals surface area contributed by atoms with Crippen molar-refractivity contribution < 1.29 is 9.90 Å². The van der Waals surface area contributed by atoms with Crippen LogP contribution in [0.15, 0.2) is 0 Å². The van der Waals surface area contributed by atoms with Gasteiger partial charge in [0.2, 0.25) is 0 Å². The second-order valence-electron chi connectivity index (χ2n) is 5.44. The number of rotatable bonds is 13. The number of unbranched alkanes of at least 4 members (excludes halogenated alkanes) is 8. The van der Waals surface area contributed by atoms with Crippen LogP contribution >= 0.6 is 0 Å². The third kappa shape index (κ3) is 14.7. The van der Waals surface area contributed by atoms with E-state index < -0.39 is 5.97 Å². The predicted molar refractivity (Wildman–Crippen MR) is 83.6 cm³/mol. The van der Waals surface area contributed by atoms with Gasteiger partial charge in [0.05, 0.1) is 5.92 Å². The molecule has 0 amide bonds. The summed E-state index contributed by atoms with van der Waals surface area (Å²) in [6.45, 7) is 4.40. The van der Waals surface area contributed by atoms with Crippen molar-refractivity contribution in [1.82, 2.24) is 0 Å². The largest absolute Gasteiger partial charge is 0.481 e. The number of hydrogen-bond acceptors (Lipinski definition) is 1. The normalized spacial score (nSPS) is 11.9. The van der Waals surface area contributed by atoms with Gasteiger partial charge >= 0.3 is 5.97 Å². The molecule has 0 saturated carbocycles. The first-order valence-electron chi connectivity index (χ1n) is 7.95. The standard InChI is InChI=1S/C16H32O2.Na/c1-3-5-7-9-10-12-14-15(16(17)18)13-11-8-6-4-2;/h15H,3-14H2,1-2H3,(H,17,18);. The third-order valence-corrected chi connectivity index (χ3v) is 3.66. The monoisotopic (exact) mass is 279 g/mol. The maximum Gasteiger partial charge on any atom is 0.306 e. The van der Waals surface area contributed by atoms with E-state index in [9.17, 15) is 9.90 Å². The van der Waals surface area contributed by atoms with E-state index in [0.29, 0.717) is 0 Å². The average molecular weight is 279 g/mol. The molecule has 0 aliphatic rings. The number of carbonyl (C=O) groups is 1. The Morgan fingerprint density at radius 3 is 1.58 bits per heavy atom. The molecule has 0 aliphatic heterocycles. The Kier molecular flexibility index (Phi) is 18.9. The van der Waals surface area contributed by atoms with Crippen molar-refractivity contribution in [3.05, 3.63) is 0 Å². The first kappa shape index (κ1) is 21.8. The van der Waals surface area contributed by atoms with Crippen molar-refractivity contribution in [3.63, 3.8) is 0 Å². The Balaban J connectivity index is 0. The SMILES string of the molecule is CCCCCCCCC(CCCCCC)C(=O)O.[Na]. The molecule has 2 nitrogen and oxygen atoms in total. The Hall–Kier alpha value is 0.470. The van der Waals surface area contributed by atoms with E-state index >= 15 is 0 Å². The molecule has 0 heterocycles. The maximum atomic E-state index is 11.1. The third-order valence-electron chi connectivity index (χ3n) is 3.66. The summed E-state index contributed by atoms with van der Waals surface area (Å²) in [6.07, 6.45) is 14.0. The van der Waals surface area contributed by atoms with Crippen LogP contribution in [0.4, 0.5) is 0 Å². The predicted octanol–water partition coefficient (Wildman–Crippen LogP) is 5.03. The molecular formula is C16H32NaO2. The first-order valence-corrected chi connectivity index (χ1v) is 7.95. The molecule has 0 rings (SSSR count). The second kappa shape index (κ2) is 16.5. The summed E-state index contributed by atoms with van der Waals surface area (Å²) in [5.74, 6) is -0.673. The smallest absolute Gasteiger partial charge is 0.306 e. The van der Waals surface area contributed by atoms with E-state index in [1.807, 2.05) is 0 Å². The van der Waals surface area contributed by atoms with E-state index in [-0.39, 0.29) is 35.5 Å². The molecule has 109 valence electrons. The van der Waals surface area contributed by atoms with Crippen molar-refractivity contribution in [2.45, 2.75) is 90.9 Å². The number of carboxylic acid groups (broad SMARTS) is 1. The molecule has 0 fully saturated rings. The average Bonchev–Trinajstić information content (AvgIpc) is 2.35. The zero-order valence-corrected chi connectivity index (χ0v) is 15.4. The molecule has 0 bridgehead atoms. The maximum absolute atomic E-state index is 11.1. The van der Waals surface area contributed by atoms with Crippen molar-refractivity contribution >= 4 is 35.5 Å². The fourth-order valence-electron chi connectivity index (χ4n) is 2.38. The van der Waals surface area contributed by atoms with Crippen molar-refractivity contribution in [2.75, 3.05) is 0 Å². The van der Waals surface area contributed by atoms with E-state index in [2.05, 4.69) is 13.8 Å².